The van der Waals surface area contributed by atoms with Crippen LogP contribution in [0.5, 0.6) is 0 Å². The number of H-pyrrole nitrogens is 1. The molecule has 0 saturated carbocycles. The zero-order valence-electron chi connectivity index (χ0n) is 20.9. The lowest BCUT2D eigenvalue weighted by molar-refractivity contribution is -0.766. The first kappa shape index (κ1) is 22.6. The van der Waals surface area contributed by atoms with E-state index >= 15 is 0 Å². The molecule has 0 unspecified atom stereocenters. The first-order valence-corrected chi connectivity index (χ1v) is 12.7. The monoisotopic (exact) mass is 478 g/mol. The molecule has 6 rings (SSSR count). The molecule has 6 heteroatoms. The Labute approximate surface area is 211 Å². The Morgan fingerprint density at radius 2 is 1.50 bits per heavy atom. The van der Waals surface area contributed by atoms with Gasteiger partial charge in [-0.1, -0.05) is 54.6 Å². The van der Waals surface area contributed by atoms with Crippen molar-refractivity contribution in [2.45, 2.75) is 25.4 Å². The van der Waals surface area contributed by atoms with Gasteiger partial charge in [-0.2, -0.15) is 5.10 Å². The summed E-state index contributed by atoms with van der Waals surface area (Å²) in [5, 5.41) is 3.61. The number of imidazole rings is 1. The van der Waals surface area contributed by atoms with Crippen LogP contribution in [-0.4, -0.2) is 32.2 Å². The fourth-order valence-electron chi connectivity index (χ4n) is 5.65. The predicted molar refractivity (Wildman–Crippen MR) is 144 cm³/mol. The average molecular weight is 479 g/mol. The smallest absolute Gasteiger partial charge is 0.299 e. The van der Waals surface area contributed by atoms with Gasteiger partial charge < -0.3 is 0 Å². The minimum Gasteiger partial charge on any atom is -0.299 e. The van der Waals surface area contributed by atoms with Crippen LogP contribution in [0.15, 0.2) is 89.9 Å². The number of hydrogen-bond acceptors (Lipinski definition) is 2. The first-order chi connectivity index (χ1) is 17.6. The van der Waals surface area contributed by atoms with E-state index in [1.54, 1.807) is 9.13 Å². The van der Waals surface area contributed by atoms with Gasteiger partial charge in [-0.15, -0.1) is 4.68 Å². The number of rotatable bonds is 5. The van der Waals surface area contributed by atoms with E-state index in [1.807, 2.05) is 14.1 Å². The topological polar surface area (TPSA) is 49.8 Å². The molecule has 3 heterocycles. The Balaban J connectivity index is 1.35. The van der Waals surface area contributed by atoms with E-state index in [2.05, 4.69) is 99.7 Å². The first-order valence-electron chi connectivity index (χ1n) is 12.7. The molecule has 0 amide bonds. The summed E-state index contributed by atoms with van der Waals surface area (Å²) in [4.78, 5) is 15.0. The molecule has 0 aliphatic carbocycles. The van der Waals surface area contributed by atoms with Crippen LogP contribution in [0.25, 0.3) is 33.4 Å². The lowest BCUT2D eigenvalue weighted by Gasteiger charge is -2.29. The van der Waals surface area contributed by atoms with Crippen molar-refractivity contribution in [2.24, 2.45) is 14.1 Å². The molecule has 0 spiro atoms. The number of benzene rings is 3. The van der Waals surface area contributed by atoms with Crippen LogP contribution in [0.1, 0.15) is 24.4 Å². The zero-order valence-corrected chi connectivity index (χ0v) is 20.9. The van der Waals surface area contributed by atoms with Gasteiger partial charge in [0.15, 0.2) is 6.04 Å². The minimum absolute atomic E-state index is 0.00294. The molecule has 5 aromatic rings. The molecule has 0 atom stereocenters. The highest BCUT2D eigenvalue weighted by Crippen LogP contribution is 2.33. The van der Waals surface area contributed by atoms with Gasteiger partial charge in [0.05, 0.1) is 22.8 Å². The lowest BCUT2D eigenvalue weighted by Crippen LogP contribution is -2.48. The maximum Gasteiger partial charge on any atom is 0.328 e. The number of aromatic amines is 1. The number of nitrogens with zero attached hydrogens (tertiary/aromatic N) is 4. The Morgan fingerprint density at radius 1 is 0.833 bits per heavy atom. The summed E-state index contributed by atoms with van der Waals surface area (Å²) < 4.78 is 5.81. The van der Waals surface area contributed by atoms with E-state index < -0.39 is 0 Å². The van der Waals surface area contributed by atoms with Gasteiger partial charge in [-0.3, -0.25) is 14.0 Å². The molecule has 0 radical (unpaired) electrons. The van der Waals surface area contributed by atoms with Gasteiger partial charge in [0.25, 0.3) is 0 Å². The van der Waals surface area contributed by atoms with Crippen molar-refractivity contribution in [3.8, 4) is 22.4 Å². The fourth-order valence-corrected chi connectivity index (χ4v) is 5.65. The molecule has 1 saturated heterocycles. The summed E-state index contributed by atoms with van der Waals surface area (Å²) >= 11 is 0. The quantitative estimate of drug-likeness (QED) is 0.374. The molecule has 3 aromatic carbocycles. The van der Waals surface area contributed by atoms with Crippen molar-refractivity contribution in [2.75, 3.05) is 13.1 Å². The highest BCUT2D eigenvalue weighted by Gasteiger charge is 2.33. The van der Waals surface area contributed by atoms with E-state index in [0.717, 1.165) is 54.6 Å². The average Bonchev–Trinajstić information content (AvgIpc) is 3.46. The van der Waals surface area contributed by atoms with Gasteiger partial charge in [-0.05, 0) is 35.4 Å². The number of aromatic nitrogens is 4. The van der Waals surface area contributed by atoms with Crippen molar-refractivity contribution >= 4 is 11.0 Å². The molecule has 6 nitrogen and oxygen atoms in total. The molecule has 1 aliphatic heterocycles. The van der Waals surface area contributed by atoms with Crippen LogP contribution in [0.3, 0.4) is 0 Å². The molecule has 0 bridgehead atoms. The molecular formula is C30H32N5O+. The number of piperidine rings is 1. The summed E-state index contributed by atoms with van der Waals surface area (Å²) in [6.07, 6.45) is 4.33. The van der Waals surface area contributed by atoms with Gasteiger partial charge in [0.2, 0.25) is 5.69 Å². The van der Waals surface area contributed by atoms with E-state index in [0.29, 0.717) is 6.04 Å². The van der Waals surface area contributed by atoms with Crippen LogP contribution in [0.2, 0.25) is 0 Å². The number of nitrogens with one attached hydrogen (secondary N) is 1. The highest BCUT2D eigenvalue weighted by atomic mass is 16.1. The molecule has 1 fully saturated rings. The molecular weight excluding hydrogens is 446 g/mol. The number of likely N-dealkylation sites (tertiary alicyclic amines) is 1. The standard InChI is InChI=1S/C30H31N5O/c1-32-27-14-13-24(19-28(27)33(2)30(32)36)26-20-31-35(29(26)23-11-7-4-8-12-23)25-15-17-34(18-16-25)21-22-9-5-3-6-10-22/h3-14,19-20,25H,15-18,21H2,1-2H3/p+1. The summed E-state index contributed by atoms with van der Waals surface area (Å²) in [5.41, 5.74) is 7.94. The van der Waals surface area contributed by atoms with Crippen molar-refractivity contribution in [3.63, 3.8) is 0 Å². The van der Waals surface area contributed by atoms with Crippen LogP contribution >= 0.6 is 0 Å². The van der Waals surface area contributed by atoms with Gasteiger partial charge in [0, 0.05) is 52.1 Å². The van der Waals surface area contributed by atoms with Crippen molar-refractivity contribution in [1.29, 1.82) is 0 Å². The molecule has 36 heavy (non-hydrogen) atoms. The Hall–Kier alpha value is -3.90. The van der Waals surface area contributed by atoms with E-state index in [9.17, 15) is 4.79 Å². The number of aryl methyl sites for hydroxylation is 2. The van der Waals surface area contributed by atoms with Gasteiger partial charge in [0.1, 0.15) is 0 Å². The second-order valence-electron chi connectivity index (χ2n) is 9.87. The van der Waals surface area contributed by atoms with Crippen LogP contribution < -0.4 is 10.4 Å². The molecule has 182 valence electrons. The summed E-state index contributed by atoms with van der Waals surface area (Å²) in [7, 11) is 3.67. The van der Waals surface area contributed by atoms with Crippen molar-refractivity contribution in [3.05, 3.63) is 101 Å². The van der Waals surface area contributed by atoms with Crippen LogP contribution in [0.4, 0.5) is 0 Å². The summed E-state index contributed by atoms with van der Waals surface area (Å²) in [6, 6.07) is 28.1. The molecule has 1 aliphatic rings. The predicted octanol–water partition coefficient (Wildman–Crippen LogP) is 4.66. The van der Waals surface area contributed by atoms with Crippen molar-refractivity contribution < 1.29 is 4.68 Å². The second-order valence-corrected chi connectivity index (χ2v) is 9.87. The molecule has 1 N–H and O–H groups in total. The molecule has 2 aromatic heterocycles. The maximum atomic E-state index is 12.5. The number of hydrogen-bond donors (Lipinski definition) is 1. The van der Waals surface area contributed by atoms with E-state index in [-0.39, 0.29) is 5.69 Å². The minimum atomic E-state index is -0.00294. The van der Waals surface area contributed by atoms with Gasteiger partial charge >= 0.3 is 5.69 Å². The third-order valence-corrected chi connectivity index (χ3v) is 7.65. The highest BCUT2D eigenvalue weighted by molar-refractivity contribution is 5.86. The zero-order chi connectivity index (χ0) is 24.6. The Bertz CT molecular complexity index is 1550. The summed E-state index contributed by atoms with van der Waals surface area (Å²) in [5.74, 6) is 0. The second kappa shape index (κ2) is 9.28. The largest absolute Gasteiger partial charge is 0.328 e. The maximum absolute atomic E-state index is 12.5. The van der Waals surface area contributed by atoms with E-state index in [4.69, 9.17) is 0 Å². The lowest BCUT2D eigenvalue weighted by atomic mass is 9.99. The third kappa shape index (κ3) is 3.97. The van der Waals surface area contributed by atoms with Crippen molar-refractivity contribution in [1.82, 2.24) is 19.1 Å². The Morgan fingerprint density at radius 3 is 2.22 bits per heavy atom. The SMILES string of the molecule is Cn1c(=O)n(C)c2cc(-c3c[nH][n+](C4CCN(Cc5ccccc5)CC4)c3-c3ccccc3)ccc21. The Kier molecular flexibility index (Phi) is 5.82. The van der Waals surface area contributed by atoms with Crippen LogP contribution in [0, 0.1) is 0 Å². The normalized spacial score (nSPS) is 15.1. The van der Waals surface area contributed by atoms with E-state index in [1.165, 1.54) is 16.8 Å². The summed E-state index contributed by atoms with van der Waals surface area (Å²) in [6.45, 7) is 3.16. The third-order valence-electron chi connectivity index (χ3n) is 7.65. The van der Waals surface area contributed by atoms with Crippen LogP contribution in [-0.2, 0) is 20.6 Å². The van der Waals surface area contributed by atoms with Gasteiger partial charge in [-0.25, -0.2) is 4.79 Å². The number of fused-ring (bicyclic) bond motifs is 1. The fraction of sp³-hybridized carbons (Fsp3) is 0.267.